The molecule has 2 aromatic rings. The van der Waals surface area contributed by atoms with Gasteiger partial charge in [-0.15, -0.1) is 0 Å². The molecule has 6 heteroatoms. The monoisotopic (exact) mass is 288 g/mol. The number of nitrogens with two attached hydrogens (primary N) is 1. The highest BCUT2D eigenvalue weighted by Gasteiger charge is 2.20. The third-order valence-corrected chi connectivity index (χ3v) is 3.44. The third kappa shape index (κ3) is 3.53. The highest BCUT2D eigenvalue weighted by molar-refractivity contribution is 5.76. The summed E-state index contributed by atoms with van der Waals surface area (Å²) in [6, 6.07) is 8.48. The molecule has 21 heavy (non-hydrogen) atoms. The van der Waals surface area contributed by atoms with Gasteiger partial charge in [-0.2, -0.15) is 5.10 Å². The molecule has 0 aliphatic heterocycles. The number of phenolic OH excluding ortho intramolecular Hbond substituents is 1. The zero-order valence-electron chi connectivity index (χ0n) is 12.2. The minimum absolute atomic E-state index is 0.0450. The van der Waals surface area contributed by atoms with Crippen molar-refractivity contribution in [3.63, 3.8) is 0 Å². The molecule has 112 valence electrons. The maximum atomic E-state index is 12.4. The molecule has 2 rings (SSSR count). The molecule has 1 aromatic heterocycles. The number of hydrogen-bond donors (Lipinski definition) is 2. The van der Waals surface area contributed by atoms with E-state index < -0.39 is 0 Å². The van der Waals surface area contributed by atoms with Crippen LogP contribution >= 0.6 is 0 Å². The molecule has 0 radical (unpaired) electrons. The Morgan fingerprint density at radius 1 is 1.48 bits per heavy atom. The van der Waals surface area contributed by atoms with Crippen molar-refractivity contribution in [2.45, 2.75) is 26.4 Å². The molecular weight excluding hydrogens is 268 g/mol. The number of rotatable bonds is 5. The number of anilines is 1. The highest BCUT2D eigenvalue weighted by Crippen LogP contribution is 2.23. The van der Waals surface area contributed by atoms with E-state index in [9.17, 15) is 9.90 Å². The van der Waals surface area contributed by atoms with Gasteiger partial charge in [-0.3, -0.25) is 9.48 Å². The normalized spacial score (nSPS) is 12.1. The number of likely N-dealkylation sites (N-methyl/N-ethyl adjacent to an activating group) is 1. The van der Waals surface area contributed by atoms with Crippen LogP contribution in [0, 0.1) is 0 Å². The number of carbonyl (C=O) groups is 1. The van der Waals surface area contributed by atoms with Crippen LogP contribution in [0.3, 0.4) is 0 Å². The van der Waals surface area contributed by atoms with Crippen molar-refractivity contribution >= 4 is 11.7 Å². The number of aromatic hydroxyl groups is 1. The van der Waals surface area contributed by atoms with Gasteiger partial charge in [0.1, 0.15) is 18.1 Å². The Balaban J connectivity index is 2.12. The van der Waals surface area contributed by atoms with Crippen LogP contribution in [-0.2, 0) is 11.3 Å². The molecule has 1 amide bonds. The minimum Gasteiger partial charge on any atom is -0.508 e. The first-order chi connectivity index (χ1) is 10.0. The van der Waals surface area contributed by atoms with Crippen LogP contribution in [0.25, 0.3) is 0 Å². The molecule has 1 aromatic carbocycles. The highest BCUT2D eigenvalue weighted by atomic mass is 16.3. The van der Waals surface area contributed by atoms with Crippen molar-refractivity contribution < 1.29 is 9.90 Å². The summed E-state index contributed by atoms with van der Waals surface area (Å²) >= 11 is 0. The molecule has 1 unspecified atom stereocenters. The van der Waals surface area contributed by atoms with Crippen molar-refractivity contribution in [1.82, 2.24) is 14.7 Å². The first-order valence-corrected chi connectivity index (χ1v) is 6.88. The summed E-state index contributed by atoms with van der Waals surface area (Å²) in [7, 11) is 0. The lowest BCUT2D eigenvalue weighted by molar-refractivity contribution is -0.134. The van der Waals surface area contributed by atoms with E-state index in [4.69, 9.17) is 5.73 Å². The van der Waals surface area contributed by atoms with E-state index in [0.29, 0.717) is 12.4 Å². The smallest absolute Gasteiger partial charge is 0.244 e. The lowest BCUT2D eigenvalue weighted by Gasteiger charge is -2.28. The molecule has 0 saturated carbocycles. The molecule has 3 N–H and O–H groups in total. The van der Waals surface area contributed by atoms with Crippen LogP contribution in [-0.4, -0.2) is 32.2 Å². The third-order valence-electron chi connectivity index (χ3n) is 3.44. The molecule has 0 saturated heterocycles. The van der Waals surface area contributed by atoms with E-state index >= 15 is 0 Å². The average molecular weight is 288 g/mol. The minimum atomic E-state index is -0.123. The Morgan fingerprint density at radius 3 is 2.81 bits per heavy atom. The molecule has 0 fully saturated rings. The van der Waals surface area contributed by atoms with Gasteiger partial charge in [-0.1, -0.05) is 12.1 Å². The molecule has 1 heterocycles. The van der Waals surface area contributed by atoms with Gasteiger partial charge >= 0.3 is 0 Å². The maximum absolute atomic E-state index is 12.4. The van der Waals surface area contributed by atoms with Gasteiger partial charge < -0.3 is 15.7 Å². The topological polar surface area (TPSA) is 84.4 Å². The average Bonchev–Trinajstić information content (AvgIpc) is 2.84. The number of phenols is 1. The van der Waals surface area contributed by atoms with Gasteiger partial charge in [0.2, 0.25) is 5.91 Å². The van der Waals surface area contributed by atoms with E-state index in [0.717, 1.165) is 5.56 Å². The first-order valence-electron chi connectivity index (χ1n) is 6.88. The number of nitrogen functional groups attached to an aromatic ring is 1. The van der Waals surface area contributed by atoms with Crippen LogP contribution in [0.1, 0.15) is 25.5 Å². The number of nitrogens with zero attached hydrogens (tertiary/aromatic N) is 3. The van der Waals surface area contributed by atoms with Gasteiger partial charge in [0.25, 0.3) is 0 Å². The Morgan fingerprint density at radius 2 is 2.24 bits per heavy atom. The van der Waals surface area contributed by atoms with Crippen molar-refractivity contribution in [1.29, 1.82) is 0 Å². The fourth-order valence-corrected chi connectivity index (χ4v) is 2.33. The quantitative estimate of drug-likeness (QED) is 0.878. The Bertz CT molecular complexity index is 624. The maximum Gasteiger partial charge on any atom is 0.244 e. The van der Waals surface area contributed by atoms with Gasteiger partial charge in [0.15, 0.2) is 0 Å². The molecular formula is C15H20N4O2. The van der Waals surface area contributed by atoms with Crippen molar-refractivity contribution in [2.24, 2.45) is 0 Å². The van der Waals surface area contributed by atoms with Gasteiger partial charge in [-0.05, 0) is 37.6 Å². The van der Waals surface area contributed by atoms with Crippen LogP contribution in [0.15, 0.2) is 36.5 Å². The predicted molar refractivity (Wildman–Crippen MR) is 80.5 cm³/mol. The van der Waals surface area contributed by atoms with Gasteiger partial charge in [0, 0.05) is 12.7 Å². The SMILES string of the molecule is CCN(C(=O)Cn1ccc(N)n1)C(C)c1cccc(O)c1. The van der Waals surface area contributed by atoms with Crippen molar-refractivity contribution in [3.05, 3.63) is 42.1 Å². The fraction of sp³-hybridized carbons (Fsp3) is 0.333. The molecule has 0 aliphatic carbocycles. The summed E-state index contributed by atoms with van der Waals surface area (Å²) in [6.07, 6.45) is 1.68. The van der Waals surface area contributed by atoms with Crippen LogP contribution in [0.4, 0.5) is 5.82 Å². The van der Waals surface area contributed by atoms with E-state index in [1.165, 1.54) is 4.68 Å². The summed E-state index contributed by atoms with van der Waals surface area (Å²) in [6.45, 7) is 4.59. The molecule has 0 aliphatic rings. The van der Waals surface area contributed by atoms with Crippen molar-refractivity contribution in [2.75, 3.05) is 12.3 Å². The van der Waals surface area contributed by atoms with Crippen LogP contribution in [0.5, 0.6) is 5.75 Å². The largest absolute Gasteiger partial charge is 0.508 e. The summed E-state index contributed by atoms with van der Waals surface area (Å²) in [5, 5.41) is 13.6. The number of carbonyl (C=O) groups excluding carboxylic acids is 1. The second-order valence-corrected chi connectivity index (χ2v) is 4.89. The second-order valence-electron chi connectivity index (χ2n) is 4.89. The Hall–Kier alpha value is -2.50. The molecule has 0 spiro atoms. The zero-order chi connectivity index (χ0) is 15.4. The van der Waals surface area contributed by atoms with Gasteiger partial charge in [0.05, 0.1) is 6.04 Å². The molecule has 6 nitrogen and oxygen atoms in total. The second kappa shape index (κ2) is 6.30. The molecule has 1 atom stereocenters. The molecule has 0 bridgehead atoms. The summed E-state index contributed by atoms with van der Waals surface area (Å²) < 4.78 is 1.52. The van der Waals surface area contributed by atoms with E-state index in [2.05, 4.69) is 5.10 Å². The number of benzene rings is 1. The van der Waals surface area contributed by atoms with Crippen LogP contribution in [0.2, 0.25) is 0 Å². The van der Waals surface area contributed by atoms with Gasteiger partial charge in [-0.25, -0.2) is 0 Å². The number of hydrogen-bond acceptors (Lipinski definition) is 4. The lowest BCUT2D eigenvalue weighted by atomic mass is 10.1. The fourth-order valence-electron chi connectivity index (χ4n) is 2.33. The first kappa shape index (κ1) is 14.9. The predicted octanol–water partition coefficient (Wildman–Crippen LogP) is 1.78. The Labute approximate surface area is 123 Å². The van der Waals surface area contributed by atoms with E-state index in [1.54, 1.807) is 35.4 Å². The number of amides is 1. The summed E-state index contributed by atoms with van der Waals surface area (Å²) in [4.78, 5) is 14.2. The zero-order valence-corrected chi connectivity index (χ0v) is 12.2. The number of aromatic nitrogens is 2. The Kier molecular flexibility index (Phi) is 4.47. The van der Waals surface area contributed by atoms with E-state index in [1.807, 2.05) is 19.9 Å². The lowest BCUT2D eigenvalue weighted by Crippen LogP contribution is -2.36. The summed E-state index contributed by atoms with van der Waals surface area (Å²) in [5.41, 5.74) is 6.44. The summed E-state index contributed by atoms with van der Waals surface area (Å²) in [5.74, 6) is 0.547. The van der Waals surface area contributed by atoms with Crippen LogP contribution < -0.4 is 5.73 Å². The standard InChI is InChI=1S/C15H20N4O2/c1-3-19(11(2)12-5-4-6-13(20)9-12)15(21)10-18-8-7-14(16)17-18/h4-9,11,20H,3,10H2,1-2H3,(H2,16,17). The van der Waals surface area contributed by atoms with Crippen molar-refractivity contribution in [3.8, 4) is 5.75 Å². The van der Waals surface area contributed by atoms with E-state index in [-0.39, 0.29) is 24.2 Å².